The van der Waals surface area contributed by atoms with Gasteiger partial charge in [-0.3, -0.25) is 0 Å². The first-order valence-electron chi connectivity index (χ1n) is 8.40. The lowest BCUT2D eigenvalue weighted by molar-refractivity contribution is -0.143. The quantitative estimate of drug-likeness (QED) is 0.597. The summed E-state index contributed by atoms with van der Waals surface area (Å²) in [5, 5.41) is 18.9. The highest BCUT2D eigenvalue weighted by Gasteiger charge is 2.36. The molecule has 1 aromatic heterocycles. The molecule has 3 rings (SSSR count). The van der Waals surface area contributed by atoms with Crippen molar-refractivity contribution in [2.45, 2.75) is 18.9 Å². The van der Waals surface area contributed by atoms with E-state index in [1.54, 1.807) is 24.3 Å². The molecule has 0 radical (unpaired) electrons. The van der Waals surface area contributed by atoms with Gasteiger partial charge in [-0.1, -0.05) is 17.3 Å². The summed E-state index contributed by atoms with van der Waals surface area (Å²) in [5.74, 6) is 0. The standard InChI is InChI=1S/C19H13F6N5/c1-30(15-4-2-3-12(7-15)17-16(9-26)27-29-28-17)10-11-5-13(18(20,21)22)8-14(6-11)19(23,24)25/h2-8H,10H2,1H3,(H,27,28,29). The van der Waals surface area contributed by atoms with Crippen molar-refractivity contribution in [3.63, 3.8) is 0 Å². The van der Waals surface area contributed by atoms with E-state index in [2.05, 4.69) is 15.4 Å². The van der Waals surface area contributed by atoms with E-state index in [1.165, 1.54) is 11.9 Å². The number of hydrogen-bond donors (Lipinski definition) is 1. The van der Waals surface area contributed by atoms with Gasteiger partial charge < -0.3 is 4.90 Å². The van der Waals surface area contributed by atoms with Gasteiger partial charge >= 0.3 is 12.4 Å². The van der Waals surface area contributed by atoms with Gasteiger partial charge in [-0.25, -0.2) is 5.10 Å². The van der Waals surface area contributed by atoms with E-state index in [-0.39, 0.29) is 29.6 Å². The molecule has 0 aliphatic rings. The Hall–Kier alpha value is -3.55. The van der Waals surface area contributed by atoms with Crippen molar-refractivity contribution in [1.29, 1.82) is 5.26 Å². The maximum Gasteiger partial charge on any atom is 0.416 e. The zero-order valence-electron chi connectivity index (χ0n) is 15.3. The Morgan fingerprint density at radius 1 is 1.00 bits per heavy atom. The second-order valence-electron chi connectivity index (χ2n) is 6.47. The molecule has 11 heteroatoms. The predicted octanol–water partition coefficient (Wildman–Crippen LogP) is 5.02. The van der Waals surface area contributed by atoms with Crippen LogP contribution in [0.4, 0.5) is 32.0 Å². The molecule has 0 aliphatic carbocycles. The number of rotatable bonds is 4. The number of alkyl halides is 6. The Balaban J connectivity index is 1.94. The van der Waals surface area contributed by atoms with Crippen molar-refractivity contribution >= 4 is 5.69 Å². The molecule has 0 aliphatic heterocycles. The Bertz CT molecular complexity index is 1060. The number of benzene rings is 2. The van der Waals surface area contributed by atoms with Gasteiger partial charge in [0.25, 0.3) is 0 Å². The highest BCUT2D eigenvalue weighted by atomic mass is 19.4. The molecule has 3 aromatic rings. The first-order chi connectivity index (χ1) is 14.0. The average Bonchev–Trinajstić information content (AvgIpc) is 3.15. The van der Waals surface area contributed by atoms with Gasteiger partial charge in [-0.05, 0) is 35.9 Å². The summed E-state index contributed by atoms with van der Waals surface area (Å²) in [4.78, 5) is 1.49. The van der Waals surface area contributed by atoms with Crippen LogP contribution in [0.1, 0.15) is 22.4 Å². The summed E-state index contributed by atoms with van der Waals surface area (Å²) < 4.78 is 78.3. The molecule has 0 amide bonds. The van der Waals surface area contributed by atoms with Gasteiger partial charge in [0.05, 0.1) is 11.1 Å². The Kier molecular flexibility index (Phi) is 5.43. The lowest BCUT2D eigenvalue weighted by Crippen LogP contribution is -2.18. The van der Waals surface area contributed by atoms with Crippen LogP contribution >= 0.6 is 0 Å². The summed E-state index contributed by atoms with van der Waals surface area (Å²) in [6, 6.07) is 9.91. The van der Waals surface area contributed by atoms with Crippen molar-refractivity contribution in [3.8, 4) is 17.3 Å². The number of aromatic nitrogens is 3. The maximum absolute atomic E-state index is 13.1. The summed E-state index contributed by atoms with van der Waals surface area (Å²) >= 11 is 0. The topological polar surface area (TPSA) is 68.6 Å². The summed E-state index contributed by atoms with van der Waals surface area (Å²) in [6.07, 6.45) is -9.82. The smallest absolute Gasteiger partial charge is 0.370 e. The monoisotopic (exact) mass is 425 g/mol. The molecule has 0 bridgehead atoms. The van der Waals surface area contributed by atoms with E-state index < -0.39 is 23.5 Å². The first-order valence-corrected chi connectivity index (χ1v) is 8.40. The zero-order chi connectivity index (χ0) is 22.1. The van der Waals surface area contributed by atoms with Crippen LogP contribution in [-0.2, 0) is 18.9 Å². The summed E-state index contributed by atoms with van der Waals surface area (Å²) in [6.45, 7) is -0.208. The number of nitrogens with zero attached hydrogens (tertiary/aromatic N) is 4. The van der Waals surface area contributed by atoms with Crippen LogP contribution in [0.5, 0.6) is 0 Å². The third kappa shape index (κ3) is 4.53. The van der Waals surface area contributed by atoms with E-state index in [1.807, 2.05) is 6.07 Å². The SMILES string of the molecule is CN(Cc1cc(C(F)(F)F)cc(C(F)(F)F)c1)c1cccc(-c2nn[nH]c2C#N)c1. The van der Waals surface area contributed by atoms with Crippen LogP contribution in [0, 0.1) is 11.3 Å². The fourth-order valence-electron chi connectivity index (χ4n) is 2.87. The van der Waals surface area contributed by atoms with Crippen molar-refractivity contribution in [3.05, 3.63) is 64.8 Å². The van der Waals surface area contributed by atoms with Crippen LogP contribution in [0.3, 0.4) is 0 Å². The van der Waals surface area contributed by atoms with Crippen LogP contribution in [0.2, 0.25) is 0 Å². The van der Waals surface area contributed by atoms with Crippen LogP contribution in [0.15, 0.2) is 42.5 Å². The van der Waals surface area contributed by atoms with E-state index in [0.29, 0.717) is 23.4 Å². The number of H-pyrrole nitrogens is 1. The number of aromatic amines is 1. The van der Waals surface area contributed by atoms with Crippen LogP contribution in [-0.4, -0.2) is 22.5 Å². The fourth-order valence-corrected chi connectivity index (χ4v) is 2.87. The van der Waals surface area contributed by atoms with Gasteiger partial charge in [-0.15, -0.1) is 5.10 Å². The molecule has 2 aromatic carbocycles. The highest BCUT2D eigenvalue weighted by Crippen LogP contribution is 2.37. The van der Waals surface area contributed by atoms with Gasteiger partial charge in [0, 0.05) is 24.8 Å². The molecular formula is C19H13F6N5. The Morgan fingerprint density at radius 2 is 1.63 bits per heavy atom. The third-order valence-corrected chi connectivity index (χ3v) is 4.29. The number of anilines is 1. The van der Waals surface area contributed by atoms with E-state index in [4.69, 9.17) is 5.26 Å². The molecule has 1 heterocycles. The van der Waals surface area contributed by atoms with Crippen LogP contribution < -0.4 is 4.90 Å². The van der Waals surface area contributed by atoms with Crippen molar-refractivity contribution in [2.75, 3.05) is 11.9 Å². The van der Waals surface area contributed by atoms with Gasteiger partial charge in [0.1, 0.15) is 11.8 Å². The Labute approximate surface area is 166 Å². The third-order valence-electron chi connectivity index (χ3n) is 4.29. The first kappa shape index (κ1) is 21.2. The predicted molar refractivity (Wildman–Crippen MR) is 95.1 cm³/mol. The normalized spacial score (nSPS) is 11.9. The minimum Gasteiger partial charge on any atom is -0.370 e. The number of nitrogens with one attached hydrogen (secondary N) is 1. The molecule has 0 spiro atoms. The van der Waals surface area contributed by atoms with E-state index >= 15 is 0 Å². The number of hydrogen-bond acceptors (Lipinski definition) is 4. The van der Waals surface area contributed by atoms with Crippen LogP contribution in [0.25, 0.3) is 11.3 Å². The number of halogens is 6. The van der Waals surface area contributed by atoms with Gasteiger partial charge in [0.15, 0.2) is 5.69 Å². The second-order valence-corrected chi connectivity index (χ2v) is 6.47. The molecule has 156 valence electrons. The van der Waals surface area contributed by atoms with E-state index in [0.717, 1.165) is 0 Å². The molecule has 0 saturated heterocycles. The summed E-state index contributed by atoms with van der Waals surface area (Å²) in [7, 11) is 1.53. The largest absolute Gasteiger partial charge is 0.416 e. The van der Waals surface area contributed by atoms with Crippen molar-refractivity contribution in [1.82, 2.24) is 15.4 Å². The van der Waals surface area contributed by atoms with Crippen molar-refractivity contribution in [2.24, 2.45) is 0 Å². The molecule has 1 N–H and O–H groups in total. The molecule has 0 fully saturated rings. The molecule has 0 unspecified atom stereocenters. The molecule has 5 nitrogen and oxygen atoms in total. The lowest BCUT2D eigenvalue weighted by Gasteiger charge is -2.22. The minimum absolute atomic E-state index is 0.0954. The highest BCUT2D eigenvalue weighted by molar-refractivity contribution is 5.68. The Morgan fingerprint density at radius 3 is 2.20 bits per heavy atom. The molecule has 0 atom stereocenters. The number of nitriles is 1. The lowest BCUT2D eigenvalue weighted by atomic mass is 10.0. The van der Waals surface area contributed by atoms with E-state index in [9.17, 15) is 26.3 Å². The zero-order valence-corrected chi connectivity index (χ0v) is 15.3. The van der Waals surface area contributed by atoms with Gasteiger partial charge in [0.2, 0.25) is 0 Å². The maximum atomic E-state index is 13.1. The van der Waals surface area contributed by atoms with Gasteiger partial charge in [-0.2, -0.15) is 31.6 Å². The molecule has 0 saturated carbocycles. The molecular weight excluding hydrogens is 412 g/mol. The summed E-state index contributed by atoms with van der Waals surface area (Å²) in [5.41, 5.74) is -1.45. The minimum atomic E-state index is -4.91. The molecule has 30 heavy (non-hydrogen) atoms. The van der Waals surface area contributed by atoms with Crippen molar-refractivity contribution < 1.29 is 26.3 Å². The average molecular weight is 425 g/mol. The second kappa shape index (κ2) is 7.70. The fraction of sp³-hybridized carbons (Fsp3) is 0.211.